The molecule has 15 heavy (non-hydrogen) atoms. The summed E-state index contributed by atoms with van der Waals surface area (Å²) in [6, 6.07) is 6.66. The van der Waals surface area contributed by atoms with Crippen LogP contribution in [-0.2, 0) is 6.54 Å². The van der Waals surface area contributed by atoms with Crippen molar-refractivity contribution in [3.05, 3.63) is 34.9 Å². The number of aliphatic hydroxyl groups is 1. The lowest BCUT2D eigenvalue weighted by atomic mass is 9.99. The maximum Gasteiger partial charge on any atom is 0.0483 e. The lowest BCUT2D eigenvalue weighted by Gasteiger charge is -2.38. The summed E-state index contributed by atoms with van der Waals surface area (Å²) in [6.07, 6.45) is 0. The average Bonchev–Trinajstić information content (AvgIpc) is 2.16. The van der Waals surface area contributed by atoms with Crippen molar-refractivity contribution in [2.45, 2.75) is 20.4 Å². The predicted molar refractivity (Wildman–Crippen MR) is 61.8 cm³/mol. The smallest absolute Gasteiger partial charge is 0.0483 e. The van der Waals surface area contributed by atoms with E-state index in [1.807, 2.05) is 0 Å². The van der Waals surface area contributed by atoms with Gasteiger partial charge in [-0.1, -0.05) is 18.2 Å². The third-order valence-electron chi connectivity index (χ3n) is 3.27. The summed E-state index contributed by atoms with van der Waals surface area (Å²) in [4.78, 5) is 2.38. The van der Waals surface area contributed by atoms with Gasteiger partial charge >= 0.3 is 0 Å². The molecule has 1 aromatic rings. The number of benzene rings is 1. The van der Waals surface area contributed by atoms with Crippen LogP contribution in [-0.4, -0.2) is 29.7 Å². The van der Waals surface area contributed by atoms with E-state index in [4.69, 9.17) is 5.11 Å². The summed E-state index contributed by atoms with van der Waals surface area (Å²) in [6.45, 7) is 7.75. The second kappa shape index (κ2) is 4.33. The Morgan fingerprint density at radius 1 is 1.27 bits per heavy atom. The van der Waals surface area contributed by atoms with Gasteiger partial charge in [0.15, 0.2) is 0 Å². The SMILES string of the molecule is Cc1ccc(CN2CC(CO)C2)cc1C. The van der Waals surface area contributed by atoms with E-state index in [0.717, 1.165) is 19.6 Å². The van der Waals surface area contributed by atoms with Crippen molar-refractivity contribution in [3.8, 4) is 0 Å². The maximum absolute atomic E-state index is 8.92. The molecule has 2 rings (SSSR count). The highest BCUT2D eigenvalue weighted by Crippen LogP contribution is 2.19. The first kappa shape index (κ1) is 10.7. The molecule has 1 aromatic carbocycles. The van der Waals surface area contributed by atoms with E-state index in [-0.39, 0.29) is 0 Å². The average molecular weight is 205 g/mol. The van der Waals surface area contributed by atoms with Gasteiger partial charge < -0.3 is 5.11 Å². The van der Waals surface area contributed by atoms with Crippen LogP contribution in [0.3, 0.4) is 0 Å². The number of aliphatic hydroxyl groups excluding tert-OH is 1. The Hall–Kier alpha value is -0.860. The molecule has 0 unspecified atom stereocenters. The minimum atomic E-state index is 0.337. The zero-order valence-corrected chi connectivity index (χ0v) is 9.53. The number of hydrogen-bond acceptors (Lipinski definition) is 2. The largest absolute Gasteiger partial charge is 0.396 e. The Balaban J connectivity index is 1.92. The van der Waals surface area contributed by atoms with Crippen LogP contribution in [0.5, 0.6) is 0 Å². The summed E-state index contributed by atoms with van der Waals surface area (Å²) in [7, 11) is 0. The first-order valence-electron chi connectivity index (χ1n) is 5.58. The Morgan fingerprint density at radius 2 is 2.00 bits per heavy atom. The molecule has 0 radical (unpaired) electrons. The lowest BCUT2D eigenvalue weighted by molar-refractivity contribution is 0.0479. The molecule has 1 heterocycles. The highest BCUT2D eigenvalue weighted by atomic mass is 16.3. The molecule has 0 bridgehead atoms. The molecular formula is C13H19NO. The molecule has 0 amide bonds. The minimum Gasteiger partial charge on any atom is -0.396 e. The highest BCUT2D eigenvalue weighted by molar-refractivity contribution is 5.29. The Kier molecular flexibility index (Phi) is 3.08. The fraction of sp³-hybridized carbons (Fsp3) is 0.538. The lowest BCUT2D eigenvalue weighted by Crippen LogP contribution is -2.47. The molecule has 1 aliphatic rings. The second-order valence-electron chi connectivity index (χ2n) is 4.66. The molecule has 0 atom stereocenters. The molecule has 2 nitrogen and oxygen atoms in total. The van der Waals surface area contributed by atoms with E-state index in [2.05, 4.69) is 36.9 Å². The molecule has 0 saturated carbocycles. The Bertz CT molecular complexity index is 342. The molecule has 0 spiro atoms. The minimum absolute atomic E-state index is 0.337. The second-order valence-corrected chi connectivity index (χ2v) is 4.66. The molecule has 0 aromatic heterocycles. The van der Waals surface area contributed by atoms with Gasteiger partial charge in [0.1, 0.15) is 0 Å². The third-order valence-corrected chi connectivity index (χ3v) is 3.27. The van der Waals surface area contributed by atoms with Crippen LogP contribution in [0, 0.1) is 19.8 Å². The summed E-state index contributed by atoms with van der Waals surface area (Å²) in [5.74, 6) is 0.511. The van der Waals surface area contributed by atoms with Gasteiger partial charge in [-0.15, -0.1) is 0 Å². The van der Waals surface area contributed by atoms with Gasteiger partial charge in [0.2, 0.25) is 0 Å². The van der Waals surface area contributed by atoms with Crippen molar-refractivity contribution in [3.63, 3.8) is 0 Å². The maximum atomic E-state index is 8.92. The molecule has 82 valence electrons. The fourth-order valence-electron chi connectivity index (χ4n) is 2.08. The fourth-order valence-corrected chi connectivity index (χ4v) is 2.08. The van der Waals surface area contributed by atoms with E-state index in [0.29, 0.717) is 12.5 Å². The van der Waals surface area contributed by atoms with Crippen molar-refractivity contribution < 1.29 is 5.11 Å². The van der Waals surface area contributed by atoms with Crippen molar-refractivity contribution in [1.29, 1.82) is 0 Å². The van der Waals surface area contributed by atoms with Gasteiger partial charge in [-0.3, -0.25) is 4.90 Å². The van der Waals surface area contributed by atoms with E-state index < -0.39 is 0 Å². The van der Waals surface area contributed by atoms with E-state index >= 15 is 0 Å². The van der Waals surface area contributed by atoms with Crippen LogP contribution in [0.1, 0.15) is 16.7 Å². The summed E-state index contributed by atoms with van der Waals surface area (Å²) < 4.78 is 0. The first-order chi connectivity index (χ1) is 7.19. The Labute approximate surface area is 91.5 Å². The molecule has 2 heteroatoms. The van der Waals surface area contributed by atoms with Crippen molar-refractivity contribution in [2.75, 3.05) is 19.7 Å². The standard InChI is InChI=1S/C13H19NO/c1-10-3-4-12(5-11(10)2)6-14-7-13(8-14)9-15/h3-5,13,15H,6-9H2,1-2H3. The summed E-state index contributed by atoms with van der Waals surface area (Å²) in [5.41, 5.74) is 4.11. The number of rotatable bonds is 3. The predicted octanol–water partition coefficient (Wildman–Crippen LogP) is 1.73. The van der Waals surface area contributed by atoms with Crippen LogP contribution in [0.4, 0.5) is 0 Å². The monoisotopic (exact) mass is 205 g/mol. The van der Waals surface area contributed by atoms with Gasteiger partial charge in [-0.2, -0.15) is 0 Å². The molecule has 1 aliphatic heterocycles. The summed E-state index contributed by atoms with van der Waals surface area (Å²) in [5, 5.41) is 8.92. The molecule has 0 aliphatic carbocycles. The van der Waals surface area contributed by atoms with Crippen LogP contribution < -0.4 is 0 Å². The molecule has 1 saturated heterocycles. The quantitative estimate of drug-likeness (QED) is 0.812. The number of aryl methyl sites for hydroxylation is 2. The third kappa shape index (κ3) is 2.39. The van der Waals surface area contributed by atoms with Crippen LogP contribution in [0.25, 0.3) is 0 Å². The normalized spacial score (nSPS) is 17.8. The van der Waals surface area contributed by atoms with E-state index in [1.54, 1.807) is 0 Å². The zero-order chi connectivity index (χ0) is 10.8. The first-order valence-corrected chi connectivity index (χ1v) is 5.58. The topological polar surface area (TPSA) is 23.5 Å². The number of nitrogens with zero attached hydrogens (tertiary/aromatic N) is 1. The van der Waals surface area contributed by atoms with E-state index in [1.165, 1.54) is 16.7 Å². The van der Waals surface area contributed by atoms with Gasteiger partial charge in [0.25, 0.3) is 0 Å². The van der Waals surface area contributed by atoms with Crippen LogP contribution in [0.15, 0.2) is 18.2 Å². The Morgan fingerprint density at radius 3 is 2.60 bits per heavy atom. The van der Waals surface area contributed by atoms with Gasteiger partial charge in [-0.25, -0.2) is 0 Å². The van der Waals surface area contributed by atoms with Crippen molar-refractivity contribution >= 4 is 0 Å². The molecular weight excluding hydrogens is 186 g/mol. The van der Waals surface area contributed by atoms with Gasteiger partial charge in [-0.05, 0) is 30.5 Å². The van der Waals surface area contributed by atoms with Crippen LogP contribution >= 0.6 is 0 Å². The van der Waals surface area contributed by atoms with Crippen LogP contribution in [0.2, 0.25) is 0 Å². The van der Waals surface area contributed by atoms with E-state index in [9.17, 15) is 0 Å². The zero-order valence-electron chi connectivity index (χ0n) is 9.53. The van der Waals surface area contributed by atoms with Crippen molar-refractivity contribution in [2.24, 2.45) is 5.92 Å². The summed E-state index contributed by atoms with van der Waals surface area (Å²) >= 11 is 0. The van der Waals surface area contributed by atoms with Gasteiger partial charge in [0, 0.05) is 32.2 Å². The number of likely N-dealkylation sites (tertiary alicyclic amines) is 1. The molecule has 1 fully saturated rings. The van der Waals surface area contributed by atoms with Gasteiger partial charge in [0.05, 0.1) is 0 Å². The highest BCUT2D eigenvalue weighted by Gasteiger charge is 2.25. The van der Waals surface area contributed by atoms with Crippen molar-refractivity contribution in [1.82, 2.24) is 4.90 Å². The molecule has 1 N–H and O–H groups in total. The number of hydrogen-bond donors (Lipinski definition) is 1.